The standard InChI is InChI=1S/C15H22F2N2O2/c1-11(2)19-7-8-20-14(10-19)9-18-12-3-5-13(6-4-12)21-15(16)17/h3-6,11,14-15,18H,7-10H2,1-2H3. The van der Waals surface area contributed by atoms with E-state index in [0.717, 1.165) is 25.4 Å². The molecule has 0 aromatic heterocycles. The second kappa shape index (κ2) is 7.56. The van der Waals surface area contributed by atoms with Crippen molar-refractivity contribution in [1.82, 2.24) is 4.90 Å². The minimum atomic E-state index is -2.79. The summed E-state index contributed by atoms with van der Waals surface area (Å²) >= 11 is 0. The summed E-state index contributed by atoms with van der Waals surface area (Å²) in [6.07, 6.45) is 0.137. The van der Waals surface area contributed by atoms with E-state index >= 15 is 0 Å². The minimum absolute atomic E-state index is 0.137. The Morgan fingerprint density at radius 2 is 2.05 bits per heavy atom. The van der Waals surface area contributed by atoms with Gasteiger partial charge in [0.15, 0.2) is 0 Å². The summed E-state index contributed by atoms with van der Waals surface area (Å²) in [6.45, 7) is 4.87. The maximum absolute atomic E-state index is 12.1. The number of ether oxygens (including phenoxy) is 2. The Balaban J connectivity index is 1.80. The zero-order chi connectivity index (χ0) is 15.2. The molecule has 2 rings (SSSR count). The molecule has 1 saturated heterocycles. The molecular weight excluding hydrogens is 278 g/mol. The topological polar surface area (TPSA) is 33.7 Å². The lowest BCUT2D eigenvalue weighted by atomic mass is 10.2. The van der Waals surface area contributed by atoms with Crippen molar-refractivity contribution in [3.63, 3.8) is 0 Å². The summed E-state index contributed by atoms with van der Waals surface area (Å²) < 4.78 is 34.1. The van der Waals surface area contributed by atoms with Gasteiger partial charge in [-0.3, -0.25) is 4.90 Å². The van der Waals surface area contributed by atoms with Crippen LogP contribution in [0, 0.1) is 0 Å². The van der Waals surface area contributed by atoms with Gasteiger partial charge in [0, 0.05) is 31.4 Å². The third-order valence-electron chi connectivity index (χ3n) is 3.51. The van der Waals surface area contributed by atoms with E-state index in [1.165, 1.54) is 12.1 Å². The van der Waals surface area contributed by atoms with Gasteiger partial charge >= 0.3 is 6.61 Å². The summed E-state index contributed by atoms with van der Waals surface area (Å²) in [6, 6.07) is 7.01. The van der Waals surface area contributed by atoms with Crippen molar-refractivity contribution in [2.45, 2.75) is 32.6 Å². The molecule has 6 heteroatoms. The largest absolute Gasteiger partial charge is 0.435 e. The van der Waals surface area contributed by atoms with Crippen LogP contribution in [-0.2, 0) is 4.74 Å². The van der Waals surface area contributed by atoms with E-state index in [2.05, 4.69) is 28.8 Å². The van der Waals surface area contributed by atoms with Crippen molar-refractivity contribution in [3.8, 4) is 5.75 Å². The lowest BCUT2D eigenvalue weighted by Gasteiger charge is -2.35. The second-order valence-corrected chi connectivity index (χ2v) is 5.37. The van der Waals surface area contributed by atoms with Crippen LogP contribution < -0.4 is 10.1 Å². The van der Waals surface area contributed by atoms with Gasteiger partial charge in [0.05, 0.1) is 12.7 Å². The predicted octanol–water partition coefficient (Wildman–Crippen LogP) is 2.81. The monoisotopic (exact) mass is 300 g/mol. The van der Waals surface area contributed by atoms with Gasteiger partial charge in [-0.1, -0.05) is 0 Å². The lowest BCUT2D eigenvalue weighted by Crippen LogP contribution is -2.48. The average molecular weight is 300 g/mol. The first-order valence-corrected chi connectivity index (χ1v) is 7.19. The fourth-order valence-corrected chi connectivity index (χ4v) is 2.32. The minimum Gasteiger partial charge on any atom is -0.435 e. The number of anilines is 1. The fraction of sp³-hybridized carbons (Fsp3) is 0.600. The molecule has 1 N–H and O–H groups in total. The maximum Gasteiger partial charge on any atom is 0.387 e. The summed E-state index contributed by atoms with van der Waals surface area (Å²) in [5, 5.41) is 3.26. The molecule has 21 heavy (non-hydrogen) atoms. The van der Waals surface area contributed by atoms with Gasteiger partial charge < -0.3 is 14.8 Å². The summed E-state index contributed by atoms with van der Waals surface area (Å²) in [5.74, 6) is 0.162. The van der Waals surface area contributed by atoms with Gasteiger partial charge in [0.2, 0.25) is 0 Å². The van der Waals surface area contributed by atoms with E-state index in [1.54, 1.807) is 12.1 Å². The SMILES string of the molecule is CC(C)N1CCOC(CNc2ccc(OC(F)F)cc2)C1. The van der Waals surface area contributed by atoms with Crippen molar-refractivity contribution >= 4 is 5.69 Å². The Hall–Kier alpha value is -1.40. The highest BCUT2D eigenvalue weighted by Crippen LogP contribution is 2.18. The van der Waals surface area contributed by atoms with Crippen LogP contribution in [0.25, 0.3) is 0 Å². The van der Waals surface area contributed by atoms with Crippen molar-refractivity contribution in [3.05, 3.63) is 24.3 Å². The molecule has 0 amide bonds. The van der Waals surface area contributed by atoms with Crippen molar-refractivity contribution < 1.29 is 18.3 Å². The molecule has 118 valence electrons. The first kappa shape index (κ1) is 16.0. The van der Waals surface area contributed by atoms with Crippen LogP contribution >= 0.6 is 0 Å². The van der Waals surface area contributed by atoms with E-state index in [1.807, 2.05) is 0 Å². The van der Waals surface area contributed by atoms with Gasteiger partial charge in [-0.2, -0.15) is 8.78 Å². The number of benzene rings is 1. The average Bonchev–Trinajstić information content (AvgIpc) is 2.46. The highest BCUT2D eigenvalue weighted by molar-refractivity contribution is 5.46. The van der Waals surface area contributed by atoms with Crippen molar-refractivity contribution in [2.24, 2.45) is 0 Å². The molecule has 1 aliphatic heterocycles. The van der Waals surface area contributed by atoms with Crippen LogP contribution in [0.3, 0.4) is 0 Å². The summed E-state index contributed by atoms with van der Waals surface area (Å²) in [7, 11) is 0. The molecule has 1 aromatic rings. The Bertz CT molecular complexity index is 426. The molecule has 0 bridgehead atoms. The Kier molecular flexibility index (Phi) is 5.76. The van der Waals surface area contributed by atoms with Gasteiger partial charge in [-0.15, -0.1) is 0 Å². The molecule has 1 aliphatic rings. The first-order chi connectivity index (χ1) is 10.0. The molecule has 1 aromatic carbocycles. The zero-order valence-corrected chi connectivity index (χ0v) is 12.4. The van der Waals surface area contributed by atoms with Crippen LogP contribution in [0.1, 0.15) is 13.8 Å². The molecule has 1 heterocycles. The zero-order valence-electron chi connectivity index (χ0n) is 12.4. The van der Waals surface area contributed by atoms with Crippen LogP contribution in [0.5, 0.6) is 5.75 Å². The predicted molar refractivity (Wildman–Crippen MR) is 78.0 cm³/mol. The van der Waals surface area contributed by atoms with Gasteiger partial charge in [0.1, 0.15) is 5.75 Å². The molecule has 0 aliphatic carbocycles. The molecule has 1 unspecified atom stereocenters. The highest BCUT2D eigenvalue weighted by Gasteiger charge is 2.21. The Morgan fingerprint density at radius 1 is 1.33 bits per heavy atom. The fourth-order valence-electron chi connectivity index (χ4n) is 2.32. The lowest BCUT2D eigenvalue weighted by molar-refractivity contribution is -0.0498. The normalized spacial score (nSPS) is 20.0. The number of hydrogen-bond donors (Lipinski definition) is 1. The van der Waals surface area contributed by atoms with E-state index in [9.17, 15) is 8.78 Å². The number of morpholine rings is 1. The Morgan fingerprint density at radius 3 is 2.67 bits per heavy atom. The molecule has 1 atom stereocenters. The first-order valence-electron chi connectivity index (χ1n) is 7.19. The van der Waals surface area contributed by atoms with Crippen LogP contribution in [0.4, 0.5) is 14.5 Å². The Labute approximate surface area is 124 Å². The number of nitrogens with one attached hydrogen (secondary N) is 1. The van der Waals surface area contributed by atoms with Gasteiger partial charge in [0.25, 0.3) is 0 Å². The number of hydrogen-bond acceptors (Lipinski definition) is 4. The second-order valence-electron chi connectivity index (χ2n) is 5.37. The maximum atomic E-state index is 12.1. The van der Waals surface area contributed by atoms with E-state index in [-0.39, 0.29) is 11.9 Å². The number of nitrogens with zero attached hydrogens (tertiary/aromatic N) is 1. The van der Waals surface area contributed by atoms with E-state index < -0.39 is 6.61 Å². The molecular formula is C15H22F2N2O2. The van der Waals surface area contributed by atoms with Crippen LogP contribution in [-0.4, -0.2) is 49.9 Å². The quantitative estimate of drug-likeness (QED) is 0.876. The van der Waals surface area contributed by atoms with Crippen LogP contribution in [0.2, 0.25) is 0 Å². The molecule has 0 radical (unpaired) electrons. The molecule has 0 saturated carbocycles. The summed E-state index contributed by atoms with van der Waals surface area (Å²) in [5.41, 5.74) is 0.863. The third-order valence-corrected chi connectivity index (χ3v) is 3.51. The van der Waals surface area contributed by atoms with Crippen LogP contribution in [0.15, 0.2) is 24.3 Å². The summed E-state index contributed by atoms with van der Waals surface area (Å²) in [4.78, 5) is 2.38. The van der Waals surface area contributed by atoms with Gasteiger partial charge in [-0.05, 0) is 38.1 Å². The van der Waals surface area contributed by atoms with Crippen molar-refractivity contribution in [1.29, 1.82) is 0 Å². The molecule has 1 fully saturated rings. The molecule has 0 spiro atoms. The molecule has 4 nitrogen and oxygen atoms in total. The third kappa shape index (κ3) is 5.13. The highest BCUT2D eigenvalue weighted by atomic mass is 19.3. The van der Waals surface area contributed by atoms with E-state index in [4.69, 9.17) is 4.74 Å². The number of alkyl halides is 2. The van der Waals surface area contributed by atoms with Crippen molar-refractivity contribution in [2.75, 3.05) is 31.6 Å². The van der Waals surface area contributed by atoms with E-state index in [0.29, 0.717) is 12.6 Å². The number of halogens is 2. The smallest absolute Gasteiger partial charge is 0.387 e. The van der Waals surface area contributed by atoms with Gasteiger partial charge in [-0.25, -0.2) is 0 Å². The number of rotatable bonds is 6.